The molecule has 0 spiro atoms. The van der Waals surface area contributed by atoms with Crippen molar-refractivity contribution in [3.8, 4) is 0 Å². The van der Waals surface area contributed by atoms with E-state index in [1.54, 1.807) is 0 Å². The molecule has 0 radical (unpaired) electrons. The molecule has 1 aromatic heterocycles. The van der Waals surface area contributed by atoms with Crippen LogP contribution in [0.25, 0.3) is 0 Å². The highest BCUT2D eigenvalue weighted by atomic mass is 35.5. The first-order chi connectivity index (χ1) is 10.2. The van der Waals surface area contributed by atoms with E-state index < -0.39 is 0 Å². The molecular formula is C16H18ClN3O. The highest BCUT2D eigenvalue weighted by Crippen LogP contribution is 2.39. The lowest BCUT2D eigenvalue weighted by Crippen LogP contribution is -2.07. The van der Waals surface area contributed by atoms with Gasteiger partial charge in [-0.05, 0) is 30.9 Å². The second kappa shape index (κ2) is 6.00. The maximum absolute atomic E-state index is 9.04. The number of benzene rings is 1. The van der Waals surface area contributed by atoms with Gasteiger partial charge in [0, 0.05) is 18.0 Å². The van der Waals surface area contributed by atoms with Crippen molar-refractivity contribution >= 4 is 17.4 Å². The number of nitrogens with zero attached hydrogens (tertiary/aromatic N) is 2. The van der Waals surface area contributed by atoms with Crippen molar-refractivity contribution in [3.63, 3.8) is 0 Å². The molecular weight excluding hydrogens is 286 g/mol. The molecule has 0 bridgehead atoms. The predicted octanol–water partition coefficient (Wildman–Crippen LogP) is 3.42. The highest BCUT2D eigenvalue weighted by molar-refractivity contribution is 6.30. The molecule has 0 amide bonds. The molecule has 1 saturated carbocycles. The van der Waals surface area contributed by atoms with Gasteiger partial charge in [0.25, 0.3) is 0 Å². The van der Waals surface area contributed by atoms with Crippen LogP contribution in [0, 0.1) is 6.92 Å². The van der Waals surface area contributed by atoms with Gasteiger partial charge in [-0.1, -0.05) is 35.9 Å². The van der Waals surface area contributed by atoms with E-state index in [1.807, 2.05) is 31.2 Å². The van der Waals surface area contributed by atoms with Crippen molar-refractivity contribution in [3.05, 3.63) is 51.9 Å². The number of aliphatic hydroxyl groups is 1. The summed E-state index contributed by atoms with van der Waals surface area (Å²) >= 11 is 6.19. The average Bonchev–Trinajstić information content (AvgIpc) is 3.34. The first-order valence-electron chi connectivity index (χ1n) is 7.14. The van der Waals surface area contributed by atoms with E-state index in [-0.39, 0.29) is 6.61 Å². The van der Waals surface area contributed by atoms with Crippen molar-refractivity contribution in [2.75, 3.05) is 5.32 Å². The van der Waals surface area contributed by atoms with Gasteiger partial charge in [-0.25, -0.2) is 9.97 Å². The number of rotatable bonds is 5. The minimum absolute atomic E-state index is 0.0685. The maximum Gasteiger partial charge on any atom is 0.137 e. The number of anilines is 1. The Bertz CT molecular complexity index is 639. The Labute approximate surface area is 129 Å². The van der Waals surface area contributed by atoms with Crippen LogP contribution < -0.4 is 5.32 Å². The van der Waals surface area contributed by atoms with Gasteiger partial charge in [0.05, 0.1) is 6.61 Å². The molecule has 1 aromatic carbocycles. The lowest BCUT2D eigenvalue weighted by molar-refractivity contribution is 0.282. The van der Waals surface area contributed by atoms with Gasteiger partial charge in [0.15, 0.2) is 0 Å². The Morgan fingerprint density at radius 3 is 2.48 bits per heavy atom. The van der Waals surface area contributed by atoms with Crippen LogP contribution in [0.3, 0.4) is 0 Å². The topological polar surface area (TPSA) is 58.0 Å². The monoisotopic (exact) mass is 303 g/mol. The minimum atomic E-state index is 0.0685. The lowest BCUT2D eigenvalue weighted by Gasteiger charge is -2.11. The molecule has 5 heteroatoms. The fraction of sp³-hybridized carbons (Fsp3) is 0.375. The van der Waals surface area contributed by atoms with Crippen LogP contribution in [0.1, 0.15) is 41.3 Å². The van der Waals surface area contributed by atoms with Crippen molar-refractivity contribution in [1.29, 1.82) is 0 Å². The highest BCUT2D eigenvalue weighted by Gasteiger charge is 2.27. The van der Waals surface area contributed by atoms with Crippen LogP contribution in [-0.4, -0.2) is 15.1 Å². The van der Waals surface area contributed by atoms with E-state index in [2.05, 4.69) is 15.3 Å². The summed E-state index contributed by atoms with van der Waals surface area (Å²) in [5, 5.41) is 12.9. The van der Waals surface area contributed by atoms with Gasteiger partial charge in [0.1, 0.15) is 16.8 Å². The van der Waals surface area contributed by atoms with Gasteiger partial charge in [-0.15, -0.1) is 0 Å². The first kappa shape index (κ1) is 14.3. The standard InChI is InChI=1S/C16H18ClN3O/c1-10-14(17)19-16(13-6-7-13)20-15(10)18-8-11-2-4-12(9-21)5-3-11/h2-5,13,21H,6-9H2,1H3,(H,18,19,20). The first-order valence-corrected chi connectivity index (χ1v) is 7.51. The van der Waals surface area contributed by atoms with E-state index in [0.717, 1.165) is 41.2 Å². The van der Waals surface area contributed by atoms with Crippen LogP contribution >= 0.6 is 11.6 Å². The molecule has 1 aliphatic rings. The normalized spacial score (nSPS) is 14.2. The van der Waals surface area contributed by atoms with E-state index in [9.17, 15) is 0 Å². The zero-order valence-electron chi connectivity index (χ0n) is 11.9. The SMILES string of the molecule is Cc1c(Cl)nc(C2CC2)nc1NCc1ccc(CO)cc1. The molecule has 1 heterocycles. The molecule has 0 unspecified atom stereocenters. The Kier molecular flexibility index (Phi) is 4.08. The molecule has 1 fully saturated rings. The van der Waals surface area contributed by atoms with E-state index in [1.165, 1.54) is 0 Å². The van der Waals surface area contributed by atoms with Gasteiger partial charge in [0.2, 0.25) is 0 Å². The number of halogens is 1. The summed E-state index contributed by atoms with van der Waals surface area (Å²) in [5.74, 6) is 2.14. The van der Waals surface area contributed by atoms with Crippen LogP contribution in [0.5, 0.6) is 0 Å². The third-order valence-electron chi connectivity index (χ3n) is 3.71. The Morgan fingerprint density at radius 2 is 1.86 bits per heavy atom. The minimum Gasteiger partial charge on any atom is -0.392 e. The summed E-state index contributed by atoms with van der Waals surface area (Å²) in [5.41, 5.74) is 2.93. The number of hydrogen-bond acceptors (Lipinski definition) is 4. The molecule has 3 rings (SSSR count). The molecule has 0 atom stereocenters. The average molecular weight is 304 g/mol. The molecule has 0 aliphatic heterocycles. The molecule has 2 aromatic rings. The maximum atomic E-state index is 9.04. The number of hydrogen-bond donors (Lipinski definition) is 2. The smallest absolute Gasteiger partial charge is 0.137 e. The van der Waals surface area contributed by atoms with Crippen molar-refractivity contribution in [2.45, 2.75) is 38.8 Å². The lowest BCUT2D eigenvalue weighted by atomic mass is 10.1. The second-order valence-electron chi connectivity index (χ2n) is 5.45. The zero-order valence-corrected chi connectivity index (χ0v) is 12.7. The fourth-order valence-electron chi connectivity index (χ4n) is 2.15. The summed E-state index contributed by atoms with van der Waals surface area (Å²) in [6, 6.07) is 7.84. The summed E-state index contributed by atoms with van der Waals surface area (Å²) in [6.07, 6.45) is 2.31. The van der Waals surface area contributed by atoms with Crippen LogP contribution in [0.2, 0.25) is 5.15 Å². The Hall–Kier alpha value is -1.65. The predicted molar refractivity (Wildman–Crippen MR) is 83.4 cm³/mol. The van der Waals surface area contributed by atoms with Crippen molar-refractivity contribution in [2.24, 2.45) is 0 Å². The van der Waals surface area contributed by atoms with Gasteiger partial charge in [-0.3, -0.25) is 0 Å². The quantitative estimate of drug-likeness (QED) is 0.831. The molecule has 110 valence electrons. The summed E-state index contributed by atoms with van der Waals surface area (Å²) in [6.45, 7) is 2.67. The Morgan fingerprint density at radius 1 is 1.19 bits per heavy atom. The van der Waals surface area contributed by atoms with Crippen LogP contribution in [-0.2, 0) is 13.2 Å². The zero-order chi connectivity index (χ0) is 14.8. The van der Waals surface area contributed by atoms with Gasteiger partial charge in [-0.2, -0.15) is 0 Å². The number of aliphatic hydroxyl groups excluding tert-OH is 1. The van der Waals surface area contributed by atoms with E-state index in [4.69, 9.17) is 16.7 Å². The van der Waals surface area contributed by atoms with Crippen molar-refractivity contribution in [1.82, 2.24) is 9.97 Å². The van der Waals surface area contributed by atoms with Crippen LogP contribution in [0.4, 0.5) is 5.82 Å². The molecule has 4 nitrogen and oxygen atoms in total. The van der Waals surface area contributed by atoms with Gasteiger partial charge < -0.3 is 10.4 Å². The van der Waals surface area contributed by atoms with Crippen molar-refractivity contribution < 1.29 is 5.11 Å². The Balaban J connectivity index is 1.74. The molecule has 0 saturated heterocycles. The number of aromatic nitrogens is 2. The van der Waals surface area contributed by atoms with E-state index in [0.29, 0.717) is 17.6 Å². The third-order valence-corrected chi connectivity index (χ3v) is 4.08. The van der Waals surface area contributed by atoms with E-state index >= 15 is 0 Å². The second-order valence-corrected chi connectivity index (χ2v) is 5.81. The third kappa shape index (κ3) is 3.34. The van der Waals surface area contributed by atoms with Crippen LogP contribution in [0.15, 0.2) is 24.3 Å². The molecule has 2 N–H and O–H groups in total. The summed E-state index contributed by atoms with van der Waals surface area (Å²) < 4.78 is 0. The fourth-order valence-corrected chi connectivity index (χ4v) is 2.33. The summed E-state index contributed by atoms with van der Waals surface area (Å²) in [7, 11) is 0. The summed E-state index contributed by atoms with van der Waals surface area (Å²) in [4.78, 5) is 8.96. The largest absolute Gasteiger partial charge is 0.392 e. The number of nitrogens with one attached hydrogen (secondary N) is 1. The van der Waals surface area contributed by atoms with Gasteiger partial charge >= 0.3 is 0 Å². The molecule has 21 heavy (non-hydrogen) atoms. The molecule has 1 aliphatic carbocycles.